The minimum absolute atomic E-state index is 0.119. The van der Waals surface area contributed by atoms with Crippen LogP contribution in [-0.4, -0.2) is 40.7 Å². The Labute approximate surface area is 110 Å². The van der Waals surface area contributed by atoms with E-state index in [2.05, 4.69) is 10.3 Å². The first-order chi connectivity index (χ1) is 9.15. The molecule has 19 heavy (non-hydrogen) atoms. The van der Waals surface area contributed by atoms with Crippen LogP contribution in [-0.2, 0) is 4.79 Å². The first-order valence-electron chi connectivity index (χ1n) is 6.23. The number of rotatable bonds is 5. The van der Waals surface area contributed by atoms with E-state index in [1.54, 1.807) is 6.07 Å². The van der Waals surface area contributed by atoms with Gasteiger partial charge in [-0.1, -0.05) is 13.3 Å². The Kier molecular flexibility index (Phi) is 3.89. The number of pyridine rings is 1. The molecular weight excluding hydrogens is 246 g/mol. The van der Waals surface area contributed by atoms with Gasteiger partial charge in [-0.25, -0.2) is 0 Å². The maximum absolute atomic E-state index is 12.0. The normalized spacial score (nSPS) is 13.6. The molecule has 3 amide bonds. The Hall–Kier alpha value is -2.24. The molecule has 0 atom stereocenters. The summed E-state index contributed by atoms with van der Waals surface area (Å²) < 4.78 is 0. The van der Waals surface area contributed by atoms with Crippen LogP contribution in [0.4, 0.5) is 0 Å². The summed E-state index contributed by atoms with van der Waals surface area (Å²) in [7, 11) is 0. The van der Waals surface area contributed by atoms with Crippen LogP contribution < -0.4 is 5.32 Å². The SMILES string of the molecule is CCCCNC(=O)CN1C(=O)c2cccnc2C1=O. The second kappa shape index (κ2) is 5.60. The molecule has 0 fully saturated rings. The van der Waals surface area contributed by atoms with E-state index in [0.717, 1.165) is 17.7 Å². The number of nitrogens with one attached hydrogen (secondary N) is 1. The minimum atomic E-state index is -0.508. The summed E-state index contributed by atoms with van der Waals surface area (Å²) in [5.41, 5.74) is 0.378. The molecule has 0 bridgehead atoms. The Balaban J connectivity index is 2.02. The van der Waals surface area contributed by atoms with Gasteiger partial charge in [0.1, 0.15) is 12.2 Å². The Morgan fingerprint density at radius 1 is 1.37 bits per heavy atom. The van der Waals surface area contributed by atoms with Gasteiger partial charge < -0.3 is 5.32 Å². The predicted octanol–water partition coefficient (Wildman–Crippen LogP) is 0.594. The van der Waals surface area contributed by atoms with Gasteiger partial charge in [0.05, 0.1) is 5.56 Å². The lowest BCUT2D eigenvalue weighted by atomic mass is 10.2. The largest absolute Gasteiger partial charge is 0.355 e. The summed E-state index contributed by atoms with van der Waals surface area (Å²) in [6.45, 7) is 2.32. The van der Waals surface area contributed by atoms with Crippen molar-refractivity contribution in [1.29, 1.82) is 0 Å². The van der Waals surface area contributed by atoms with E-state index >= 15 is 0 Å². The highest BCUT2D eigenvalue weighted by Crippen LogP contribution is 2.19. The fraction of sp³-hybridized carbons (Fsp3) is 0.385. The van der Waals surface area contributed by atoms with Crippen molar-refractivity contribution in [3.05, 3.63) is 29.6 Å². The number of imide groups is 1. The van der Waals surface area contributed by atoms with Crippen LogP contribution in [0.15, 0.2) is 18.3 Å². The van der Waals surface area contributed by atoms with Crippen LogP contribution in [0.25, 0.3) is 0 Å². The van der Waals surface area contributed by atoms with Crippen LogP contribution in [0.1, 0.15) is 40.6 Å². The Morgan fingerprint density at radius 3 is 2.84 bits per heavy atom. The predicted molar refractivity (Wildman–Crippen MR) is 67.5 cm³/mol. The van der Waals surface area contributed by atoms with Crippen molar-refractivity contribution >= 4 is 17.7 Å². The molecule has 2 rings (SSSR count). The molecule has 0 unspecified atom stereocenters. The zero-order valence-electron chi connectivity index (χ0n) is 10.7. The fourth-order valence-electron chi connectivity index (χ4n) is 1.86. The molecule has 0 saturated heterocycles. The number of unbranched alkanes of at least 4 members (excludes halogenated alkanes) is 1. The summed E-state index contributed by atoms with van der Waals surface area (Å²) in [4.78, 5) is 40.3. The zero-order valence-corrected chi connectivity index (χ0v) is 10.7. The van der Waals surface area contributed by atoms with E-state index in [4.69, 9.17) is 0 Å². The van der Waals surface area contributed by atoms with Gasteiger partial charge in [-0.15, -0.1) is 0 Å². The molecule has 0 radical (unpaired) electrons. The van der Waals surface area contributed by atoms with Crippen molar-refractivity contribution in [2.75, 3.05) is 13.1 Å². The third-order valence-electron chi connectivity index (χ3n) is 2.89. The molecule has 0 spiro atoms. The number of hydrogen-bond acceptors (Lipinski definition) is 4. The molecule has 1 aromatic rings. The van der Waals surface area contributed by atoms with Crippen molar-refractivity contribution in [1.82, 2.24) is 15.2 Å². The summed E-state index contributed by atoms with van der Waals surface area (Å²) in [6.07, 6.45) is 3.29. The third-order valence-corrected chi connectivity index (χ3v) is 2.89. The molecule has 0 aliphatic carbocycles. The van der Waals surface area contributed by atoms with Gasteiger partial charge in [-0.2, -0.15) is 0 Å². The number of hydrogen-bond donors (Lipinski definition) is 1. The molecule has 0 aromatic carbocycles. The highest BCUT2D eigenvalue weighted by molar-refractivity contribution is 6.21. The first-order valence-corrected chi connectivity index (χ1v) is 6.23. The number of fused-ring (bicyclic) bond motifs is 1. The van der Waals surface area contributed by atoms with Gasteiger partial charge in [0, 0.05) is 12.7 Å². The number of nitrogens with zero attached hydrogens (tertiary/aromatic N) is 2. The van der Waals surface area contributed by atoms with Crippen molar-refractivity contribution in [2.45, 2.75) is 19.8 Å². The summed E-state index contributed by atoms with van der Waals surface area (Å²) >= 11 is 0. The molecular formula is C13H15N3O3. The number of carbonyl (C=O) groups excluding carboxylic acids is 3. The van der Waals surface area contributed by atoms with Crippen LogP contribution in [0, 0.1) is 0 Å². The molecule has 1 N–H and O–H groups in total. The van der Waals surface area contributed by atoms with Gasteiger partial charge in [0.25, 0.3) is 11.8 Å². The Morgan fingerprint density at radius 2 is 2.16 bits per heavy atom. The molecule has 6 nitrogen and oxygen atoms in total. The number of amides is 3. The highest BCUT2D eigenvalue weighted by atomic mass is 16.2. The second-order valence-corrected chi connectivity index (χ2v) is 4.30. The highest BCUT2D eigenvalue weighted by Gasteiger charge is 2.37. The van der Waals surface area contributed by atoms with Crippen LogP contribution in [0.3, 0.4) is 0 Å². The van der Waals surface area contributed by atoms with Gasteiger partial charge >= 0.3 is 0 Å². The summed E-state index contributed by atoms with van der Waals surface area (Å²) in [5, 5.41) is 2.67. The molecule has 100 valence electrons. The zero-order chi connectivity index (χ0) is 13.8. The van der Waals surface area contributed by atoms with Crippen molar-refractivity contribution < 1.29 is 14.4 Å². The lowest BCUT2D eigenvalue weighted by Gasteiger charge is -2.13. The molecule has 1 aliphatic rings. The molecule has 6 heteroatoms. The molecule has 1 aromatic heterocycles. The van der Waals surface area contributed by atoms with E-state index in [1.165, 1.54) is 12.3 Å². The van der Waals surface area contributed by atoms with Gasteiger partial charge in [-0.05, 0) is 18.6 Å². The van der Waals surface area contributed by atoms with Crippen LogP contribution in [0.2, 0.25) is 0 Å². The molecule has 1 aliphatic heterocycles. The van der Waals surface area contributed by atoms with Gasteiger partial charge in [0.2, 0.25) is 5.91 Å². The van der Waals surface area contributed by atoms with Crippen molar-refractivity contribution in [2.24, 2.45) is 0 Å². The van der Waals surface area contributed by atoms with E-state index in [1.807, 2.05) is 6.92 Å². The fourth-order valence-corrected chi connectivity index (χ4v) is 1.86. The van der Waals surface area contributed by atoms with Crippen LogP contribution in [0.5, 0.6) is 0 Å². The smallest absolute Gasteiger partial charge is 0.280 e. The maximum atomic E-state index is 12.0. The Bertz CT molecular complexity index is 493. The van der Waals surface area contributed by atoms with E-state index in [0.29, 0.717) is 6.54 Å². The quantitative estimate of drug-likeness (QED) is 0.621. The van der Waals surface area contributed by atoms with E-state index < -0.39 is 11.8 Å². The number of carbonyl (C=O) groups is 3. The van der Waals surface area contributed by atoms with Crippen LogP contribution >= 0.6 is 0 Å². The molecule has 2 heterocycles. The van der Waals surface area contributed by atoms with Crippen molar-refractivity contribution in [3.8, 4) is 0 Å². The average Bonchev–Trinajstić information content (AvgIpc) is 2.65. The van der Waals surface area contributed by atoms with Gasteiger partial charge in [0.15, 0.2) is 0 Å². The third kappa shape index (κ3) is 2.62. The standard InChI is InChI=1S/C13H15N3O3/c1-2-3-6-14-10(17)8-16-12(18)9-5-4-7-15-11(9)13(16)19/h4-5,7H,2-3,6,8H2,1H3,(H,14,17). The summed E-state index contributed by atoms with van der Waals surface area (Å²) in [5.74, 6) is -1.30. The van der Waals surface area contributed by atoms with E-state index in [-0.39, 0.29) is 23.7 Å². The van der Waals surface area contributed by atoms with Crippen molar-refractivity contribution in [3.63, 3.8) is 0 Å². The average molecular weight is 261 g/mol. The van der Waals surface area contributed by atoms with Gasteiger partial charge in [-0.3, -0.25) is 24.3 Å². The number of aromatic nitrogens is 1. The topological polar surface area (TPSA) is 79.4 Å². The lowest BCUT2D eigenvalue weighted by Crippen LogP contribution is -2.40. The lowest BCUT2D eigenvalue weighted by molar-refractivity contribution is -0.121. The molecule has 0 saturated carbocycles. The minimum Gasteiger partial charge on any atom is -0.355 e. The summed E-state index contributed by atoms with van der Waals surface area (Å²) in [6, 6.07) is 3.13. The second-order valence-electron chi connectivity index (χ2n) is 4.30. The maximum Gasteiger partial charge on any atom is 0.280 e. The first kappa shape index (κ1) is 13.2. The monoisotopic (exact) mass is 261 g/mol. The van der Waals surface area contributed by atoms with E-state index in [9.17, 15) is 14.4 Å².